The summed E-state index contributed by atoms with van der Waals surface area (Å²) in [5, 5.41) is 10.4. The number of aliphatic hydroxyl groups excluding tert-OH is 1. The molecule has 21 heavy (non-hydrogen) atoms. The zero-order valence-corrected chi connectivity index (χ0v) is 15.3. The summed E-state index contributed by atoms with van der Waals surface area (Å²) in [6.07, 6.45) is -1.49. The maximum Gasteiger partial charge on any atom is 0.410 e. The Kier molecular flexibility index (Phi) is 5.50. The van der Waals surface area contributed by atoms with Crippen molar-refractivity contribution in [2.45, 2.75) is 38.6 Å². The molecule has 1 aliphatic rings. The average Bonchev–Trinajstić information content (AvgIpc) is 2.83. The molecule has 1 N–H and O–H groups in total. The van der Waals surface area contributed by atoms with Gasteiger partial charge in [-0.2, -0.15) is 0 Å². The van der Waals surface area contributed by atoms with E-state index in [0.717, 1.165) is 7.76 Å². The van der Waals surface area contributed by atoms with Crippen LogP contribution in [0.25, 0.3) is 0 Å². The zero-order valence-electron chi connectivity index (χ0n) is 12.3. The lowest BCUT2D eigenvalue weighted by Crippen LogP contribution is -2.49. The van der Waals surface area contributed by atoms with Crippen LogP contribution in [0.15, 0.2) is 12.1 Å². The van der Waals surface area contributed by atoms with Crippen molar-refractivity contribution in [3.8, 4) is 0 Å². The first-order valence-corrected chi connectivity index (χ1v) is 8.68. The molecule has 1 amide bonds. The normalized spacial score (nSPS) is 21.2. The second-order valence-electron chi connectivity index (χ2n) is 5.92. The van der Waals surface area contributed by atoms with Gasteiger partial charge in [0.15, 0.2) is 0 Å². The highest BCUT2D eigenvalue weighted by atomic mass is 127. The number of morpholine rings is 1. The number of hydrogen-bond donors (Lipinski definition) is 1. The van der Waals surface area contributed by atoms with Crippen LogP contribution in [0, 0.1) is 2.88 Å². The van der Waals surface area contributed by atoms with E-state index in [1.165, 1.54) is 11.3 Å². The van der Waals surface area contributed by atoms with E-state index in [4.69, 9.17) is 9.47 Å². The number of carbonyl (C=O) groups is 1. The highest BCUT2D eigenvalue weighted by molar-refractivity contribution is 14.1. The van der Waals surface area contributed by atoms with E-state index < -0.39 is 17.8 Å². The molecule has 1 aromatic heterocycles. The van der Waals surface area contributed by atoms with Gasteiger partial charge in [0, 0.05) is 11.4 Å². The van der Waals surface area contributed by atoms with Crippen molar-refractivity contribution in [1.82, 2.24) is 4.90 Å². The highest BCUT2D eigenvalue weighted by Crippen LogP contribution is 2.29. The van der Waals surface area contributed by atoms with E-state index in [2.05, 4.69) is 22.6 Å². The number of carbonyl (C=O) groups excluding carboxylic acids is 1. The largest absolute Gasteiger partial charge is 0.444 e. The van der Waals surface area contributed by atoms with Crippen LogP contribution >= 0.6 is 33.9 Å². The number of aliphatic hydroxyl groups is 1. The Balaban J connectivity index is 1.98. The van der Waals surface area contributed by atoms with Crippen LogP contribution in [-0.4, -0.2) is 47.5 Å². The molecule has 0 aliphatic carbocycles. The molecule has 0 unspecified atom stereocenters. The van der Waals surface area contributed by atoms with Gasteiger partial charge in [0.1, 0.15) is 17.8 Å². The number of rotatable bonds is 2. The summed E-state index contributed by atoms with van der Waals surface area (Å²) in [6.45, 7) is 6.75. The molecule has 1 fully saturated rings. The summed E-state index contributed by atoms with van der Waals surface area (Å²) < 4.78 is 12.1. The quantitative estimate of drug-likeness (QED) is 0.741. The Hall–Kier alpha value is -0.380. The van der Waals surface area contributed by atoms with Gasteiger partial charge < -0.3 is 19.5 Å². The van der Waals surface area contributed by atoms with Crippen LogP contribution in [0.5, 0.6) is 0 Å². The molecule has 1 aliphatic heterocycles. The molecule has 2 rings (SSSR count). The van der Waals surface area contributed by atoms with E-state index >= 15 is 0 Å². The van der Waals surface area contributed by atoms with E-state index in [0.29, 0.717) is 19.7 Å². The van der Waals surface area contributed by atoms with Crippen LogP contribution in [0.4, 0.5) is 4.79 Å². The Morgan fingerprint density at radius 2 is 2.29 bits per heavy atom. The summed E-state index contributed by atoms with van der Waals surface area (Å²) in [6, 6.07) is 3.85. The molecule has 2 heterocycles. The van der Waals surface area contributed by atoms with Crippen molar-refractivity contribution in [3.63, 3.8) is 0 Å². The summed E-state index contributed by atoms with van der Waals surface area (Å²) in [5.74, 6) is 0. The maximum absolute atomic E-state index is 12.1. The van der Waals surface area contributed by atoms with E-state index in [-0.39, 0.29) is 6.09 Å². The van der Waals surface area contributed by atoms with Gasteiger partial charge >= 0.3 is 6.09 Å². The zero-order chi connectivity index (χ0) is 15.6. The van der Waals surface area contributed by atoms with Crippen molar-refractivity contribution in [3.05, 3.63) is 19.9 Å². The fraction of sp³-hybridized carbons (Fsp3) is 0.643. The third-order valence-corrected chi connectivity index (χ3v) is 4.95. The van der Waals surface area contributed by atoms with Gasteiger partial charge in [-0.3, -0.25) is 0 Å². The molecule has 7 heteroatoms. The highest BCUT2D eigenvalue weighted by Gasteiger charge is 2.32. The molecule has 2 atom stereocenters. The lowest BCUT2D eigenvalue weighted by Gasteiger charge is -2.35. The van der Waals surface area contributed by atoms with Gasteiger partial charge in [0.05, 0.1) is 16.0 Å². The molecule has 1 saturated heterocycles. The minimum absolute atomic E-state index is 0.338. The summed E-state index contributed by atoms with van der Waals surface area (Å²) >= 11 is 3.75. The SMILES string of the molecule is CC(C)(C)OC(=O)N1CCO[C@H]([C@@H](O)c2ccc(I)s2)C1. The van der Waals surface area contributed by atoms with Crippen molar-refractivity contribution in [2.75, 3.05) is 19.7 Å². The van der Waals surface area contributed by atoms with Gasteiger partial charge in [-0.25, -0.2) is 4.79 Å². The molecule has 1 aromatic rings. The molecule has 0 radical (unpaired) electrons. The van der Waals surface area contributed by atoms with E-state index in [1.807, 2.05) is 32.9 Å². The van der Waals surface area contributed by atoms with Gasteiger partial charge in [0.25, 0.3) is 0 Å². The van der Waals surface area contributed by atoms with Crippen LogP contribution in [0.2, 0.25) is 0 Å². The second-order valence-corrected chi connectivity index (χ2v) is 8.93. The summed E-state index contributed by atoms with van der Waals surface area (Å²) in [5.41, 5.74) is -0.520. The Labute approximate surface area is 142 Å². The lowest BCUT2D eigenvalue weighted by molar-refractivity contribution is -0.0898. The predicted octanol–water partition coefficient (Wildman–Crippen LogP) is 3.02. The van der Waals surface area contributed by atoms with Gasteiger partial charge in [-0.05, 0) is 55.5 Å². The van der Waals surface area contributed by atoms with E-state index in [1.54, 1.807) is 4.90 Å². The number of halogens is 1. The van der Waals surface area contributed by atoms with Crippen molar-refractivity contribution in [2.24, 2.45) is 0 Å². The molecule has 118 valence electrons. The standard InChI is InChI=1S/C14H20INO4S/c1-14(2,3)20-13(18)16-6-7-19-9(8-16)12(17)10-4-5-11(15)21-10/h4-5,9,12,17H,6-8H2,1-3H3/t9-,12+/m0/s1. The Morgan fingerprint density at radius 3 is 2.86 bits per heavy atom. The number of thiophene rings is 1. The van der Waals surface area contributed by atoms with Crippen LogP contribution in [-0.2, 0) is 9.47 Å². The fourth-order valence-electron chi connectivity index (χ4n) is 2.03. The molecule has 0 bridgehead atoms. The molecular weight excluding hydrogens is 405 g/mol. The van der Waals surface area contributed by atoms with Gasteiger partial charge in [-0.15, -0.1) is 11.3 Å². The average molecular weight is 425 g/mol. The molecule has 5 nitrogen and oxygen atoms in total. The number of hydrogen-bond acceptors (Lipinski definition) is 5. The second kappa shape index (κ2) is 6.80. The van der Waals surface area contributed by atoms with Crippen molar-refractivity contribution in [1.29, 1.82) is 0 Å². The molecule has 0 aromatic carbocycles. The molecule has 0 saturated carbocycles. The lowest BCUT2D eigenvalue weighted by atomic mass is 10.1. The van der Waals surface area contributed by atoms with Crippen LogP contribution < -0.4 is 0 Å². The van der Waals surface area contributed by atoms with Crippen molar-refractivity contribution >= 4 is 40.0 Å². The summed E-state index contributed by atoms with van der Waals surface area (Å²) in [7, 11) is 0. The molecular formula is C14H20INO4S. The number of nitrogens with zero attached hydrogens (tertiary/aromatic N) is 1. The first-order chi connectivity index (χ1) is 9.76. The third kappa shape index (κ3) is 4.80. The smallest absolute Gasteiger partial charge is 0.410 e. The third-order valence-electron chi connectivity index (χ3n) is 2.98. The first kappa shape index (κ1) is 17.0. The first-order valence-electron chi connectivity index (χ1n) is 6.79. The Bertz CT molecular complexity index is 499. The maximum atomic E-state index is 12.1. The molecule has 0 spiro atoms. The van der Waals surface area contributed by atoms with Gasteiger partial charge in [0.2, 0.25) is 0 Å². The van der Waals surface area contributed by atoms with Crippen LogP contribution in [0.1, 0.15) is 31.8 Å². The predicted molar refractivity (Wildman–Crippen MR) is 89.5 cm³/mol. The fourth-order valence-corrected chi connectivity index (χ4v) is 3.74. The Morgan fingerprint density at radius 1 is 1.57 bits per heavy atom. The van der Waals surface area contributed by atoms with Crippen LogP contribution in [0.3, 0.4) is 0 Å². The number of ether oxygens (including phenoxy) is 2. The number of amides is 1. The van der Waals surface area contributed by atoms with Gasteiger partial charge in [-0.1, -0.05) is 0 Å². The van der Waals surface area contributed by atoms with Crippen molar-refractivity contribution < 1.29 is 19.4 Å². The minimum Gasteiger partial charge on any atom is -0.444 e. The summed E-state index contributed by atoms with van der Waals surface area (Å²) in [4.78, 5) is 14.5. The van der Waals surface area contributed by atoms with E-state index in [9.17, 15) is 9.90 Å². The monoisotopic (exact) mass is 425 g/mol. The minimum atomic E-state index is -0.719. The topological polar surface area (TPSA) is 59.0 Å².